The summed E-state index contributed by atoms with van der Waals surface area (Å²) in [5.41, 5.74) is 7.34. The van der Waals surface area contributed by atoms with Gasteiger partial charge in [0.25, 0.3) is 0 Å². The first kappa shape index (κ1) is 7.79. The van der Waals surface area contributed by atoms with Crippen molar-refractivity contribution in [1.82, 2.24) is 5.43 Å². The second kappa shape index (κ2) is 4.94. The molecule has 0 aliphatic heterocycles. The molecule has 0 unspecified atom stereocenters. The fraction of sp³-hybridized carbons (Fsp3) is 0.400. The third-order valence-electron chi connectivity index (χ3n) is 0.653. The fourth-order valence-electron chi connectivity index (χ4n) is 0.249. The van der Waals surface area contributed by atoms with Gasteiger partial charge in [0.1, 0.15) is 6.54 Å². The maximum absolute atomic E-state index is 5.16. The van der Waals surface area contributed by atoms with Crippen LogP contribution >= 0.6 is 0 Å². The molecule has 0 bridgehead atoms. The summed E-state index contributed by atoms with van der Waals surface area (Å²) in [6, 6.07) is 0. The summed E-state index contributed by atoms with van der Waals surface area (Å²) < 4.78 is 0. The second-order valence-electron chi connectivity index (χ2n) is 1.27. The quantitative estimate of drug-likeness (QED) is 0.136. The molecule has 0 rings (SSSR count). The highest BCUT2D eigenvalue weighted by Crippen LogP contribution is 1.63. The predicted octanol–water partition coefficient (Wildman–Crippen LogP) is -1.21. The average Bonchev–Trinajstić information content (AvgIpc) is 1.89. The highest BCUT2D eigenvalue weighted by atomic mass is 15.3. The third kappa shape index (κ3) is 4.65. The van der Waals surface area contributed by atoms with Gasteiger partial charge >= 0.3 is 0 Å². The highest BCUT2D eigenvalue weighted by molar-refractivity contribution is 5.77. The standard InChI is InChI=1S/C5H10N4/c1-2-3-4-8-5(6)9-7/h4,7H2,1H3,(H3,6,8,9). The summed E-state index contributed by atoms with van der Waals surface area (Å²) in [7, 11) is 0. The number of hydrogen-bond acceptors (Lipinski definition) is 2. The molecule has 0 aliphatic rings. The third-order valence-corrected chi connectivity index (χ3v) is 0.653. The number of nitrogens with two attached hydrogens (primary N) is 2. The molecule has 0 saturated heterocycles. The van der Waals surface area contributed by atoms with Crippen LogP contribution in [0.3, 0.4) is 0 Å². The maximum Gasteiger partial charge on any atom is 0.204 e. The molecule has 0 aliphatic carbocycles. The maximum atomic E-state index is 5.16. The van der Waals surface area contributed by atoms with Crippen LogP contribution in [0, 0.1) is 11.8 Å². The first-order chi connectivity index (χ1) is 4.31. The molecule has 0 aromatic rings. The molecule has 0 amide bonds. The van der Waals surface area contributed by atoms with Crippen molar-refractivity contribution in [2.75, 3.05) is 6.54 Å². The van der Waals surface area contributed by atoms with Crippen molar-refractivity contribution in [2.45, 2.75) is 6.92 Å². The van der Waals surface area contributed by atoms with Crippen LogP contribution in [0.2, 0.25) is 0 Å². The molecule has 0 heterocycles. The van der Waals surface area contributed by atoms with Crippen LogP contribution in [-0.4, -0.2) is 12.5 Å². The molecule has 0 fully saturated rings. The van der Waals surface area contributed by atoms with Crippen LogP contribution in [-0.2, 0) is 0 Å². The Hall–Kier alpha value is -1.21. The van der Waals surface area contributed by atoms with Gasteiger partial charge in [0.05, 0.1) is 0 Å². The molecule has 0 radical (unpaired) electrons. The van der Waals surface area contributed by atoms with Crippen LogP contribution < -0.4 is 17.0 Å². The molecule has 0 saturated carbocycles. The normalized spacial score (nSPS) is 9.78. The average molecular weight is 126 g/mol. The Balaban J connectivity index is 3.52. The van der Waals surface area contributed by atoms with E-state index in [1.165, 1.54) is 0 Å². The molecule has 5 N–H and O–H groups in total. The van der Waals surface area contributed by atoms with E-state index in [4.69, 9.17) is 11.6 Å². The number of guanidine groups is 1. The summed E-state index contributed by atoms with van der Waals surface area (Å²) in [6.07, 6.45) is 0. The van der Waals surface area contributed by atoms with Gasteiger partial charge in [-0.15, -0.1) is 5.92 Å². The predicted molar refractivity (Wildman–Crippen MR) is 37.3 cm³/mol. The number of nitrogens with zero attached hydrogens (tertiary/aromatic N) is 1. The first-order valence-electron chi connectivity index (χ1n) is 2.47. The van der Waals surface area contributed by atoms with E-state index >= 15 is 0 Å². The lowest BCUT2D eigenvalue weighted by molar-refractivity contribution is 0.992. The van der Waals surface area contributed by atoms with Gasteiger partial charge in [0.15, 0.2) is 0 Å². The van der Waals surface area contributed by atoms with Gasteiger partial charge in [-0.3, -0.25) is 5.43 Å². The molecule has 0 spiro atoms. The highest BCUT2D eigenvalue weighted by Gasteiger charge is 1.78. The lowest BCUT2D eigenvalue weighted by Gasteiger charge is -1.92. The minimum absolute atomic E-state index is 0.206. The van der Waals surface area contributed by atoms with Crippen molar-refractivity contribution >= 4 is 5.96 Å². The van der Waals surface area contributed by atoms with E-state index in [1.807, 2.05) is 0 Å². The molecule has 4 nitrogen and oxygen atoms in total. The van der Waals surface area contributed by atoms with Crippen LogP contribution in [0.25, 0.3) is 0 Å². The number of hydrogen-bond donors (Lipinski definition) is 3. The number of nitrogens with one attached hydrogen (secondary N) is 1. The van der Waals surface area contributed by atoms with Crippen molar-refractivity contribution in [3.8, 4) is 11.8 Å². The van der Waals surface area contributed by atoms with Crippen molar-refractivity contribution in [1.29, 1.82) is 0 Å². The Labute approximate surface area is 54.3 Å². The lowest BCUT2D eigenvalue weighted by Crippen LogP contribution is -2.37. The summed E-state index contributed by atoms with van der Waals surface area (Å²) in [5, 5.41) is 0. The molecule has 4 heteroatoms. The molecule has 0 aromatic heterocycles. The van der Waals surface area contributed by atoms with Gasteiger partial charge < -0.3 is 5.73 Å². The van der Waals surface area contributed by atoms with Crippen molar-refractivity contribution < 1.29 is 0 Å². The molecular formula is C5H10N4. The van der Waals surface area contributed by atoms with E-state index in [-0.39, 0.29) is 5.96 Å². The van der Waals surface area contributed by atoms with Crippen molar-refractivity contribution in [2.24, 2.45) is 16.6 Å². The Kier molecular flexibility index (Phi) is 4.27. The smallest absolute Gasteiger partial charge is 0.204 e. The van der Waals surface area contributed by atoms with E-state index in [2.05, 4.69) is 22.3 Å². The SMILES string of the molecule is CC#CCN=C(N)NN. The zero-order chi connectivity index (χ0) is 7.11. The van der Waals surface area contributed by atoms with Gasteiger partial charge in [0, 0.05) is 0 Å². The van der Waals surface area contributed by atoms with Gasteiger partial charge in [-0.25, -0.2) is 10.8 Å². The monoisotopic (exact) mass is 126 g/mol. The molecule has 50 valence electrons. The van der Waals surface area contributed by atoms with Crippen molar-refractivity contribution in [3.63, 3.8) is 0 Å². The molecule has 9 heavy (non-hydrogen) atoms. The Morgan fingerprint density at radius 3 is 2.89 bits per heavy atom. The zero-order valence-corrected chi connectivity index (χ0v) is 5.31. The second-order valence-corrected chi connectivity index (χ2v) is 1.27. The van der Waals surface area contributed by atoms with E-state index < -0.39 is 0 Å². The Morgan fingerprint density at radius 2 is 2.44 bits per heavy atom. The fourth-order valence-corrected chi connectivity index (χ4v) is 0.249. The Morgan fingerprint density at radius 1 is 1.78 bits per heavy atom. The number of rotatable bonds is 1. The minimum Gasteiger partial charge on any atom is -0.369 e. The van der Waals surface area contributed by atoms with Gasteiger partial charge in [-0.05, 0) is 6.92 Å². The van der Waals surface area contributed by atoms with Crippen LogP contribution in [0.15, 0.2) is 4.99 Å². The van der Waals surface area contributed by atoms with Gasteiger partial charge in [-0.1, -0.05) is 5.92 Å². The summed E-state index contributed by atoms with van der Waals surface area (Å²) >= 11 is 0. The molecule has 0 aromatic carbocycles. The summed E-state index contributed by atoms with van der Waals surface area (Å²) in [5.74, 6) is 10.5. The number of aliphatic imine (C=N–C) groups is 1. The van der Waals surface area contributed by atoms with E-state index in [1.54, 1.807) is 6.92 Å². The van der Waals surface area contributed by atoms with Gasteiger partial charge in [-0.2, -0.15) is 0 Å². The van der Waals surface area contributed by atoms with Crippen LogP contribution in [0.1, 0.15) is 6.92 Å². The summed E-state index contributed by atoms with van der Waals surface area (Å²) in [6.45, 7) is 2.13. The van der Waals surface area contributed by atoms with Gasteiger partial charge in [0.2, 0.25) is 5.96 Å². The van der Waals surface area contributed by atoms with E-state index in [0.29, 0.717) is 6.54 Å². The topological polar surface area (TPSA) is 76.4 Å². The minimum atomic E-state index is 0.206. The van der Waals surface area contributed by atoms with E-state index in [9.17, 15) is 0 Å². The molecule has 0 atom stereocenters. The first-order valence-corrected chi connectivity index (χ1v) is 2.47. The van der Waals surface area contributed by atoms with Crippen molar-refractivity contribution in [3.05, 3.63) is 0 Å². The Bertz CT molecular complexity index is 150. The van der Waals surface area contributed by atoms with Crippen LogP contribution in [0.5, 0.6) is 0 Å². The number of hydrazine groups is 1. The largest absolute Gasteiger partial charge is 0.369 e. The summed E-state index contributed by atoms with van der Waals surface area (Å²) in [4.78, 5) is 3.72. The zero-order valence-electron chi connectivity index (χ0n) is 5.31. The van der Waals surface area contributed by atoms with E-state index in [0.717, 1.165) is 0 Å². The molecular weight excluding hydrogens is 116 g/mol. The lowest BCUT2D eigenvalue weighted by atomic mass is 10.6. The van der Waals surface area contributed by atoms with Crippen LogP contribution in [0.4, 0.5) is 0 Å².